The van der Waals surface area contributed by atoms with Crippen molar-refractivity contribution in [1.82, 2.24) is 4.98 Å². The Hall–Kier alpha value is -0.190. The van der Waals surface area contributed by atoms with Gasteiger partial charge in [-0.1, -0.05) is 34.8 Å². The first-order valence-electron chi connectivity index (χ1n) is 2.83. The third-order valence-electron chi connectivity index (χ3n) is 1.13. The third kappa shape index (κ3) is 2.18. The van der Waals surface area contributed by atoms with Gasteiger partial charge in [0.25, 0.3) is 0 Å². The Kier molecular flexibility index (Phi) is 2.95. The van der Waals surface area contributed by atoms with Gasteiger partial charge in [0.2, 0.25) is 0 Å². The molecule has 1 nitrogen and oxygen atoms in total. The van der Waals surface area contributed by atoms with Gasteiger partial charge in [-0.15, -0.1) is 0 Å². The summed E-state index contributed by atoms with van der Waals surface area (Å²) in [5, 5.41) is -1.34. The fourth-order valence-corrected chi connectivity index (χ4v) is 1.15. The van der Waals surface area contributed by atoms with Gasteiger partial charge in [-0.25, -0.2) is 4.98 Å². The van der Waals surface area contributed by atoms with Crippen molar-refractivity contribution in [3.8, 4) is 0 Å². The van der Waals surface area contributed by atoms with Gasteiger partial charge in [-0.2, -0.15) is 13.2 Å². The van der Waals surface area contributed by atoms with Gasteiger partial charge >= 0.3 is 6.18 Å². The minimum Gasteiger partial charge on any atom is -0.238 e. The highest BCUT2D eigenvalue weighted by atomic mass is 35.5. The molecule has 1 rings (SSSR count). The number of nitrogens with zero attached hydrogens (tertiary/aromatic N) is 1. The molecule has 71 valence electrons. The van der Waals surface area contributed by atoms with Crippen LogP contribution in [0.4, 0.5) is 13.2 Å². The Morgan fingerprint density at radius 3 is 2.08 bits per heavy atom. The van der Waals surface area contributed by atoms with Gasteiger partial charge in [0.15, 0.2) is 5.69 Å². The van der Waals surface area contributed by atoms with Crippen molar-refractivity contribution < 1.29 is 13.2 Å². The van der Waals surface area contributed by atoms with E-state index in [9.17, 15) is 13.2 Å². The zero-order valence-electron chi connectivity index (χ0n) is 5.72. The van der Waals surface area contributed by atoms with Crippen LogP contribution in [0.2, 0.25) is 15.1 Å². The van der Waals surface area contributed by atoms with E-state index in [1.54, 1.807) is 0 Å². The molecule has 13 heavy (non-hydrogen) atoms. The molecule has 0 aliphatic carbocycles. The summed E-state index contributed by atoms with van der Waals surface area (Å²) in [5.41, 5.74) is -1.29. The molecule has 0 aliphatic heterocycles. The highest BCUT2D eigenvalue weighted by Crippen LogP contribution is 2.38. The number of hydrogen-bond donors (Lipinski definition) is 0. The van der Waals surface area contributed by atoms with E-state index in [-0.39, 0.29) is 5.02 Å². The number of halogens is 6. The summed E-state index contributed by atoms with van der Waals surface area (Å²) in [6.45, 7) is 0. The molecule has 7 heteroatoms. The standard InChI is InChI=1S/C6Cl3F3N/c7-2-1-13-5(6(10,11)12)4(9)3(2)8. The number of rotatable bonds is 0. The van der Waals surface area contributed by atoms with Crippen LogP contribution in [-0.4, -0.2) is 4.98 Å². The Bertz CT molecular complexity index is 337. The average molecular weight is 249 g/mol. The molecule has 0 saturated heterocycles. The van der Waals surface area contributed by atoms with Crippen LogP contribution >= 0.6 is 34.8 Å². The molecule has 1 aromatic heterocycles. The second kappa shape index (κ2) is 3.52. The van der Waals surface area contributed by atoms with Crippen molar-refractivity contribution in [3.05, 3.63) is 27.0 Å². The first-order valence-corrected chi connectivity index (χ1v) is 3.97. The lowest BCUT2D eigenvalue weighted by molar-refractivity contribution is -0.141. The minimum absolute atomic E-state index is 0.236. The number of hydrogen-bond acceptors (Lipinski definition) is 1. The van der Waals surface area contributed by atoms with E-state index in [0.717, 1.165) is 0 Å². The first kappa shape index (κ1) is 10.9. The lowest BCUT2D eigenvalue weighted by Gasteiger charge is -2.08. The Morgan fingerprint density at radius 2 is 1.62 bits per heavy atom. The summed E-state index contributed by atoms with van der Waals surface area (Å²) in [4.78, 5) is 2.91. The number of pyridine rings is 1. The van der Waals surface area contributed by atoms with Crippen LogP contribution in [0.3, 0.4) is 0 Å². The highest BCUT2D eigenvalue weighted by molar-refractivity contribution is 6.48. The molecule has 0 aliphatic rings. The Morgan fingerprint density at radius 1 is 1.08 bits per heavy atom. The predicted molar refractivity (Wildman–Crippen MR) is 43.1 cm³/mol. The van der Waals surface area contributed by atoms with Gasteiger partial charge in [0.1, 0.15) is 6.20 Å². The second-order valence-corrected chi connectivity index (χ2v) is 3.15. The van der Waals surface area contributed by atoms with E-state index in [0.29, 0.717) is 0 Å². The lowest BCUT2D eigenvalue weighted by atomic mass is 10.3. The molecule has 0 bridgehead atoms. The quantitative estimate of drug-likeness (QED) is 0.680. The van der Waals surface area contributed by atoms with Crippen LogP contribution in [0.1, 0.15) is 5.69 Å². The third-order valence-corrected chi connectivity index (χ3v) is 2.34. The minimum atomic E-state index is -4.65. The molecule has 0 spiro atoms. The zero-order valence-corrected chi connectivity index (χ0v) is 7.98. The Balaban J connectivity index is 3.35. The predicted octanol–water partition coefficient (Wildman–Crippen LogP) is 3.86. The van der Waals surface area contributed by atoms with E-state index in [1.807, 2.05) is 6.20 Å². The van der Waals surface area contributed by atoms with Crippen molar-refractivity contribution in [2.45, 2.75) is 6.18 Å². The van der Waals surface area contributed by atoms with Crippen LogP contribution in [0.15, 0.2) is 0 Å². The maximum atomic E-state index is 12.1. The summed E-state index contributed by atoms with van der Waals surface area (Å²) >= 11 is 16.0. The normalized spacial score (nSPS) is 11.8. The molecule has 0 saturated carbocycles. The molecule has 0 fully saturated rings. The summed E-state index contributed by atoms with van der Waals surface area (Å²) in [7, 11) is 0. The monoisotopic (exact) mass is 248 g/mol. The molecule has 1 radical (unpaired) electrons. The van der Waals surface area contributed by atoms with Crippen molar-refractivity contribution in [3.63, 3.8) is 0 Å². The van der Waals surface area contributed by atoms with Crippen molar-refractivity contribution in [2.24, 2.45) is 0 Å². The van der Waals surface area contributed by atoms with Crippen LogP contribution in [0.25, 0.3) is 0 Å². The second-order valence-electron chi connectivity index (χ2n) is 2.01. The first-order chi connectivity index (χ1) is 5.84. The number of aromatic nitrogens is 1. The average Bonchev–Trinajstić information content (AvgIpc) is 1.98. The Labute approximate surface area is 86.4 Å². The van der Waals surface area contributed by atoms with Crippen molar-refractivity contribution >= 4 is 34.8 Å². The fourth-order valence-electron chi connectivity index (χ4n) is 0.591. The van der Waals surface area contributed by atoms with Crippen LogP contribution in [-0.2, 0) is 6.18 Å². The summed E-state index contributed by atoms with van der Waals surface area (Å²) < 4.78 is 36.3. The lowest BCUT2D eigenvalue weighted by Crippen LogP contribution is -2.09. The summed E-state index contributed by atoms with van der Waals surface area (Å²) in [6, 6.07) is 0. The molecular weight excluding hydrogens is 249 g/mol. The molecule has 1 heterocycles. The SMILES string of the molecule is FC(F)(F)c1n[c]c(Cl)c(Cl)c1Cl. The van der Waals surface area contributed by atoms with E-state index >= 15 is 0 Å². The van der Waals surface area contributed by atoms with Gasteiger partial charge in [0.05, 0.1) is 15.1 Å². The molecule has 0 atom stereocenters. The fraction of sp³-hybridized carbons (Fsp3) is 0.167. The largest absolute Gasteiger partial charge is 0.434 e. The van der Waals surface area contributed by atoms with Crippen LogP contribution < -0.4 is 0 Å². The summed E-state index contributed by atoms with van der Waals surface area (Å²) in [5.74, 6) is 0. The van der Waals surface area contributed by atoms with E-state index in [4.69, 9.17) is 34.8 Å². The van der Waals surface area contributed by atoms with E-state index in [1.165, 1.54) is 0 Å². The zero-order chi connectivity index (χ0) is 10.2. The molecule has 0 unspecified atom stereocenters. The molecule has 0 amide bonds. The van der Waals surface area contributed by atoms with Crippen LogP contribution in [0, 0.1) is 6.20 Å². The summed E-state index contributed by atoms with van der Waals surface area (Å²) in [6.07, 6.45) is -2.76. The van der Waals surface area contributed by atoms with E-state index < -0.39 is 21.9 Å². The topological polar surface area (TPSA) is 12.9 Å². The van der Waals surface area contributed by atoms with Gasteiger partial charge < -0.3 is 0 Å². The smallest absolute Gasteiger partial charge is 0.238 e. The maximum absolute atomic E-state index is 12.1. The van der Waals surface area contributed by atoms with Crippen LogP contribution in [0.5, 0.6) is 0 Å². The molecule has 0 N–H and O–H groups in total. The molecule has 1 aromatic rings. The van der Waals surface area contributed by atoms with Gasteiger partial charge in [-0.3, -0.25) is 0 Å². The van der Waals surface area contributed by atoms with Crippen molar-refractivity contribution in [1.29, 1.82) is 0 Å². The van der Waals surface area contributed by atoms with E-state index in [2.05, 4.69) is 4.98 Å². The van der Waals surface area contributed by atoms with Gasteiger partial charge in [-0.05, 0) is 0 Å². The maximum Gasteiger partial charge on any atom is 0.434 e. The van der Waals surface area contributed by atoms with Gasteiger partial charge in [0, 0.05) is 0 Å². The molecular formula is C6Cl3F3N. The van der Waals surface area contributed by atoms with Crippen molar-refractivity contribution in [2.75, 3.05) is 0 Å². The molecule has 0 aromatic carbocycles. The number of alkyl halides is 3. The highest BCUT2D eigenvalue weighted by Gasteiger charge is 2.36.